The number of hydrogen-bond donors (Lipinski definition) is 1. The fraction of sp³-hybridized carbons (Fsp3) is 0.667. The number of piperazine rings is 1. The molecule has 3 rings (SSSR count). The van der Waals surface area contributed by atoms with Crippen LogP contribution < -0.4 is 10.2 Å². The minimum atomic E-state index is 0.00317. The number of urea groups is 1. The van der Waals surface area contributed by atoms with E-state index in [1.54, 1.807) is 0 Å². The van der Waals surface area contributed by atoms with Gasteiger partial charge in [0.05, 0.1) is 13.2 Å². The van der Waals surface area contributed by atoms with Crippen molar-refractivity contribution in [2.75, 3.05) is 88.9 Å². The molecule has 156 valence electrons. The highest BCUT2D eigenvalue weighted by Crippen LogP contribution is 2.18. The minimum absolute atomic E-state index is 0.00317. The molecule has 0 saturated carbocycles. The number of carbonyl (C=O) groups is 1. The van der Waals surface area contributed by atoms with E-state index in [0.29, 0.717) is 0 Å². The molecule has 2 aliphatic rings. The monoisotopic (exact) mass is 389 g/mol. The molecule has 1 aromatic rings. The summed E-state index contributed by atoms with van der Waals surface area (Å²) in [4.78, 5) is 21.7. The number of carbonyl (C=O) groups excluding carboxylic acids is 1. The summed E-state index contributed by atoms with van der Waals surface area (Å²) in [6.07, 6.45) is 0. The number of benzene rings is 1. The highest BCUT2D eigenvalue weighted by molar-refractivity contribution is 5.89. The molecule has 2 fully saturated rings. The first-order valence-corrected chi connectivity index (χ1v) is 10.6. The Hall–Kier alpha value is -1.83. The van der Waals surface area contributed by atoms with Crippen LogP contribution in [0.4, 0.5) is 16.2 Å². The van der Waals surface area contributed by atoms with E-state index in [0.717, 1.165) is 84.3 Å². The zero-order chi connectivity index (χ0) is 19.8. The van der Waals surface area contributed by atoms with Gasteiger partial charge in [-0.3, -0.25) is 9.80 Å². The van der Waals surface area contributed by atoms with E-state index in [2.05, 4.69) is 46.0 Å². The van der Waals surface area contributed by atoms with Gasteiger partial charge in [0.15, 0.2) is 0 Å². The van der Waals surface area contributed by atoms with Gasteiger partial charge in [0.25, 0.3) is 0 Å². The number of hydrogen-bond acceptors (Lipinski definition) is 5. The van der Waals surface area contributed by atoms with Gasteiger partial charge in [-0.15, -0.1) is 0 Å². The van der Waals surface area contributed by atoms with Crippen LogP contribution in [0.2, 0.25) is 0 Å². The molecule has 2 aliphatic heterocycles. The topological polar surface area (TPSA) is 51.3 Å². The van der Waals surface area contributed by atoms with Gasteiger partial charge in [-0.2, -0.15) is 0 Å². The molecule has 0 spiro atoms. The van der Waals surface area contributed by atoms with Crippen LogP contribution in [0.3, 0.4) is 0 Å². The Bertz CT molecular complexity index is 591. The van der Waals surface area contributed by atoms with Crippen molar-refractivity contribution in [2.45, 2.75) is 13.8 Å². The lowest BCUT2D eigenvalue weighted by Gasteiger charge is -2.36. The van der Waals surface area contributed by atoms with Crippen LogP contribution in [0.25, 0.3) is 0 Å². The predicted octanol–water partition coefficient (Wildman–Crippen LogP) is 2.01. The molecule has 0 radical (unpaired) electrons. The normalized spacial score (nSPS) is 18.9. The molecule has 0 bridgehead atoms. The van der Waals surface area contributed by atoms with Crippen LogP contribution in [0, 0.1) is 0 Å². The van der Waals surface area contributed by atoms with Crippen molar-refractivity contribution in [2.24, 2.45) is 0 Å². The van der Waals surface area contributed by atoms with Gasteiger partial charge in [-0.1, -0.05) is 0 Å². The summed E-state index contributed by atoms with van der Waals surface area (Å²) in [7, 11) is 0. The van der Waals surface area contributed by atoms with Gasteiger partial charge in [0, 0.05) is 76.8 Å². The van der Waals surface area contributed by atoms with E-state index in [4.69, 9.17) is 4.74 Å². The second-order valence-electron chi connectivity index (χ2n) is 7.43. The molecule has 0 aliphatic carbocycles. The smallest absolute Gasteiger partial charge is 0.321 e. The Morgan fingerprint density at radius 1 is 0.929 bits per heavy atom. The molecule has 7 heteroatoms. The molecule has 1 aromatic carbocycles. The number of morpholine rings is 1. The molecular weight excluding hydrogens is 354 g/mol. The average molecular weight is 390 g/mol. The van der Waals surface area contributed by atoms with Crippen LogP contribution in [0.1, 0.15) is 13.8 Å². The van der Waals surface area contributed by atoms with E-state index in [1.807, 2.05) is 17.0 Å². The molecule has 0 unspecified atom stereocenters. The van der Waals surface area contributed by atoms with Crippen LogP contribution in [0.15, 0.2) is 24.3 Å². The molecule has 2 amide bonds. The van der Waals surface area contributed by atoms with Gasteiger partial charge in [0.2, 0.25) is 0 Å². The van der Waals surface area contributed by atoms with Crippen molar-refractivity contribution < 1.29 is 9.53 Å². The summed E-state index contributed by atoms with van der Waals surface area (Å²) in [6, 6.07) is 8.13. The average Bonchev–Trinajstić information content (AvgIpc) is 2.75. The number of nitrogens with one attached hydrogen (secondary N) is 1. The summed E-state index contributed by atoms with van der Waals surface area (Å²) in [5, 5.41) is 3.04. The molecule has 0 aromatic heterocycles. The predicted molar refractivity (Wildman–Crippen MR) is 114 cm³/mol. The molecule has 0 atom stereocenters. The maximum absolute atomic E-state index is 12.6. The fourth-order valence-electron chi connectivity index (χ4n) is 3.83. The van der Waals surface area contributed by atoms with Crippen molar-refractivity contribution in [3.05, 3.63) is 24.3 Å². The largest absolute Gasteiger partial charge is 0.379 e. The third kappa shape index (κ3) is 5.83. The second kappa shape index (κ2) is 10.6. The number of rotatable bonds is 7. The van der Waals surface area contributed by atoms with Crippen molar-refractivity contribution in [3.8, 4) is 0 Å². The first kappa shape index (κ1) is 20.9. The summed E-state index contributed by atoms with van der Waals surface area (Å²) >= 11 is 0. The molecule has 1 N–H and O–H groups in total. The Morgan fingerprint density at radius 2 is 1.50 bits per heavy atom. The third-order valence-electron chi connectivity index (χ3n) is 5.74. The first-order chi connectivity index (χ1) is 13.7. The van der Waals surface area contributed by atoms with E-state index < -0.39 is 0 Å². The summed E-state index contributed by atoms with van der Waals surface area (Å²) in [6.45, 7) is 15.7. The maximum atomic E-state index is 12.6. The maximum Gasteiger partial charge on any atom is 0.321 e. The van der Waals surface area contributed by atoms with Crippen LogP contribution in [-0.4, -0.2) is 99.4 Å². The Balaban J connectivity index is 1.40. The van der Waals surface area contributed by atoms with E-state index in [1.165, 1.54) is 5.69 Å². The SMILES string of the molecule is CCN(CC)c1ccc(NC(=O)N2CCN(CCN3CCOCC3)CC2)cc1. The molecular formula is C21H35N5O2. The zero-order valence-electron chi connectivity index (χ0n) is 17.4. The lowest BCUT2D eigenvalue weighted by atomic mass is 10.2. The van der Waals surface area contributed by atoms with Crippen molar-refractivity contribution in [1.29, 1.82) is 0 Å². The Labute approximate surface area is 169 Å². The number of anilines is 2. The third-order valence-corrected chi connectivity index (χ3v) is 5.74. The highest BCUT2D eigenvalue weighted by atomic mass is 16.5. The Kier molecular flexibility index (Phi) is 7.94. The van der Waals surface area contributed by atoms with Crippen molar-refractivity contribution in [3.63, 3.8) is 0 Å². The molecule has 7 nitrogen and oxygen atoms in total. The van der Waals surface area contributed by atoms with Crippen molar-refractivity contribution >= 4 is 17.4 Å². The number of amides is 2. The van der Waals surface area contributed by atoms with Gasteiger partial charge >= 0.3 is 6.03 Å². The van der Waals surface area contributed by atoms with E-state index in [-0.39, 0.29) is 6.03 Å². The standard InChI is InChI=1S/C21H35N5O2/c1-3-25(4-2)20-7-5-19(6-8-20)22-21(27)26-13-11-23(12-14-26)9-10-24-15-17-28-18-16-24/h5-8H,3-4,9-18H2,1-2H3,(H,22,27). The Morgan fingerprint density at radius 3 is 2.07 bits per heavy atom. The zero-order valence-corrected chi connectivity index (χ0v) is 17.4. The lowest BCUT2D eigenvalue weighted by molar-refractivity contribution is 0.0311. The fourth-order valence-corrected chi connectivity index (χ4v) is 3.83. The van der Waals surface area contributed by atoms with Crippen LogP contribution in [-0.2, 0) is 4.74 Å². The number of ether oxygens (including phenoxy) is 1. The van der Waals surface area contributed by atoms with E-state index in [9.17, 15) is 4.79 Å². The lowest BCUT2D eigenvalue weighted by Crippen LogP contribution is -2.51. The first-order valence-electron chi connectivity index (χ1n) is 10.6. The summed E-state index contributed by atoms with van der Waals surface area (Å²) in [5.74, 6) is 0. The molecule has 2 heterocycles. The van der Waals surface area contributed by atoms with Gasteiger partial charge < -0.3 is 19.9 Å². The summed E-state index contributed by atoms with van der Waals surface area (Å²) in [5.41, 5.74) is 2.05. The molecule has 2 saturated heterocycles. The van der Waals surface area contributed by atoms with E-state index >= 15 is 0 Å². The minimum Gasteiger partial charge on any atom is -0.379 e. The van der Waals surface area contributed by atoms with Crippen LogP contribution >= 0.6 is 0 Å². The molecule has 28 heavy (non-hydrogen) atoms. The number of nitrogens with zero attached hydrogens (tertiary/aromatic N) is 4. The summed E-state index contributed by atoms with van der Waals surface area (Å²) < 4.78 is 5.40. The van der Waals surface area contributed by atoms with Gasteiger partial charge in [0.1, 0.15) is 0 Å². The highest BCUT2D eigenvalue weighted by Gasteiger charge is 2.21. The van der Waals surface area contributed by atoms with Gasteiger partial charge in [-0.05, 0) is 38.1 Å². The quantitative estimate of drug-likeness (QED) is 0.773. The van der Waals surface area contributed by atoms with Crippen LogP contribution in [0.5, 0.6) is 0 Å². The van der Waals surface area contributed by atoms with Crippen molar-refractivity contribution in [1.82, 2.24) is 14.7 Å². The van der Waals surface area contributed by atoms with Gasteiger partial charge in [-0.25, -0.2) is 4.79 Å². The second-order valence-corrected chi connectivity index (χ2v) is 7.43.